The lowest BCUT2D eigenvalue weighted by atomic mass is 9.92. The molecule has 5 heteroatoms. The summed E-state index contributed by atoms with van der Waals surface area (Å²) in [4.78, 5) is 11.9. The molecule has 0 aliphatic carbocycles. The molecule has 0 aliphatic rings. The van der Waals surface area contributed by atoms with Crippen molar-refractivity contribution in [2.45, 2.75) is 33.1 Å². The van der Waals surface area contributed by atoms with Crippen molar-refractivity contribution in [1.82, 2.24) is 15.6 Å². The van der Waals surface area contributed by atoms with E-state index in [2.05, 4.69) is 41.5 Å². The molecule has 0 unspecified atom stereocenters. The summed E-state index contributed by atoms with van der Waals surface area (Å²) < 4.78 is 0. The Bertz CT molecular complexity index is 665. The van der Waals surface area contributed by atoms with Crippen molar-refractivity contribution in [3.8, 4) is 0 Å². The van der Waals surface area contributed by atoms with Gasteiger partial charge in [-0.1, -0.05) is 50.6 Å². The summed E-state index contributed by atoms with van der Waals surface area (Å²) in [6.45, 7) is 8.17. The average Bonchev–Trinajstić information content (AvgIpc) is 2.88. The van der Waals surface area contributed by atoms with Gasteiger partial charge in [0.1, 0.15) is 0 Å². The van der Waals surface area contributed by atoms with Crippen LogP contribution in [0.4, 0.5) is 0 Å². The summed E-state index contributed by atoms with van der Waals surface area (Å²) in [5.74, 6) is -0.328. The summed E-state index contributed by atoms with van der Waals surface area (Å²) in [7, 11) is 0. The van der Waals surface area contributed by atoms with E-state index in [4.69, 9.17) is 0 Å². The second-order valence-electron chi connectivity index (χ2n) is 6.03. The third-order valence-electron chi connectivity index (χ3n) is 3.04. The number of carbonyl (C=O) groups is 1. The number of benzene rings is 1. The lowest BCUT2D eigenvalue weighted by Crippen LogP contribution is -2.18. The van der Waals surface area contributed by atoms with Crippen LogP contribution in [0.3, 0.4) is 0 Å². The van der Waals surface area contributed by atoms with Crippen molar-refractivity contribution in [2.24, 2.45) is 5.10 Å². The van der Waals surface area contributed by atoms with Crippen LogP contribution in [-0.4, -0.2) is 22.3 Å². The van der Waals surface area contributed by atoms with Crippen LogP contribution in [0, 0.1) is 6.92 Å². The van der Waals surface area contributed by atoms with E-state index >= 15 is 0 Å². The Morgan fingerprint density at radius 3 is 2.71 bits per heavy atom. The quantitative estimate of drug-likeness (QED) is 0.672. The maximum Gasteiger partial charge on any atom is 0.291 e. The number of nitrogens with zero attached hydrogens (tertiary/aromatic N) is 2. The molecule has 2 N–H and O–H groups in total. The van der Waals surface area contributed by atoms with Crippen molar-refractivity contribution < 1.29 is 4.79 Å². The number of hydrogen-bond donors (Lipinski definition) is 2. The van der Waals surface area contributed by atoms with Crippen LogP contribution >= 0.6 is 0 Å². The highest BCUT2D eigenvalue weighted by Crippen LogP contribution is 2.20. The van der Waals surface area contributed by atoms with Crippen molar-refractivity contribution in [2.75, 3.05) is 0 Å². The Labute approximate surface area is 124 Å². The molecular formula is C16H20N4O. The normalized spacial score (nSPS) is 11.8. The largest absolute Gasteiger partial charge is 0.291 e. The van der Waals surface area contributed by atoms with E-state index in [1.54, 1.807) is 12.3 Å². The zero-order valence-electron chi connectivity index (χ0n) is 12.8. The summed E-state index contributed by atoms with van der Waals surface area (Å²) in [6.07, 6.45) is 1.61. The minimum Gasteiger partial charge on any atom is -0.281 e. The molecule has 0 aliphatic heterocycles. The van der Waals surface area contributed by atoms with Gasteiger partial charge in [-0.3, -0.25) is 9.89 Å². The molecule has 1 amide bonds. The molecular weight excluding hydrogens is 264 g/mol. The number of amides is 1. The van der Waals surface area contributed by atoms with Crippen LogP contribution < -0.4 is 5.43 Å². The predicted octanol–water partition coefficient (Wildman–Crippen LogP) is 2.78. The van der Waals surface area contributed by atoms with Gasteiger partial charge in [-0.2, -0.15) is 10.2 Å². The molecule has 2 aromatic rings. The summed E-state index contributed by atoms with van der Waals surface area (Å²) in [6, 6.07) is 9.61. The van der Waals surface area contributed by atoms with Gasteiger partial charge in [0, 0.05) is 11.1 Å². The highest BCUT2D eigenvalue weighted by atomic mass is 16.2. The van der Waals surface area contributed by atoms with Gasteiger partial charge in [0.25, 0.3) is 5.91 Å². The van der Waals surface area contributed by atoms with Crippen LogP contribution in [0.25, 0.3) is 0 Å². The highest BCUT2D eigenvalue weighted by Gasteiger charge is 2.18. The lowest BCUT2D eigenvalue weighted by Gasteiger charge is -2.14. The van der Waals surface area contributed by atoms with Crippen molar-refractivity contribution in [1.29, 1.82) is 0 Å². The van der Waals surface area contributed by atoms with Gasteiger partial charge in [-0.15, -0.1) is 0 Å². The van der Waals surface area contributed by atoms with E-state index in [0.717, 1.165) is 16.8 Å². The second kappa shape index (κ2) is 5.91. The molecule has 0 saturated carbocycles. The molecule has 1 heterocycles. The van der Waals surface area contributed by atoms with Gasteiger partial charge in [0.2, 0.25) is 0 Å². The van der Waals surface area contributed by atoms with Gasteiger partial charge >= 0.3 is 0 Å². The Balaban J connectivity index is 2.00. The Kier molecular flexibility index (Phi) is 4.21. The minimum absolute atomic E-state index is 0.0731. The van der Waals surface area contributed by atoms with E-state index in [0.29, 0.717) is 5.69 Å². The Hall–Kier alpha value is -2.43. The van der Waals surface area contributed by atoms with Crippen molar-refractivity contribution >= 4 is 12.1 Å². The van der Waals surface area contributed by atoms with Crippen LogP contribution in [-0.2, 0) is 5.41 Å². The zero-order chi connectivity index (χ0) is 15.5. The predicted molar refractivity (Wildman–Crippen MR) is 83.5 cm³/mol. The molecule has 2 rings (SSSR count). The first kappa shape index (κ1) is 15.0. The van der Waals surface area contributed by atoms with E-state index in [1.165, 1.54) is 0 Å². The Morgan fingerprint density at radius 2 is 2.10 bits per heavy atom. The SMILES string of the molecule is Cc1cccc(C=NNC(=O)c2cc(C(C)(C)C)[nH]n2)c1. The monoisotopic (exact) mass is 284 g/mol. The third-order valence-corrected chi connectivity index (χ3v) is 3.04. The maximum absolute atomic E-state index is 11.9. The molecule has 0 saturated heterocycles. The smallest absolute Gasteiger partial charge is 0.281 e. The standard InChI is InChI=1S/C16H20N4O/c1-11-6-5-7-12(8-11)10-17-20-15(21)13-9-14(19-18-13)16(2,3)4/h5-10H,1-4H3,(H,18,19)(H,20,21). The molecule has 0 spiro atoms. The molecule has 0 radical (unpaired) electrons. The van der Waals surface area contributed by atoms with Gasteiger partial charge in [0.05, 0.1) is 6.21 Å². The van der Waals surface area contributed by atoms with Gasteiger partial charge in [-0.05, 0) is 18.6 Å². The van der Waals surface area contributed by atoms with E-state index in [9.17, 15) is 4.79 Å². The van der Waals surface area contributed by atoms with Crippen molar-refractivity contribution in [3.63, 3.8) is 0 Å². The topological polar surface area (TPSA) is 70.1 Å². The summed E-state index contributed by atoms with van der Waals surface area (Å²) >= 11 is 0. The number of H-pyrrole nitrogens is 1. The van der Waals surface area contributed by atoms with Crippen LogP contribution in [0.5, 0.6) is 0 Å². The summed E-state index contributed by atoms with van der Waals surface area (Å²) in [5, 5.41) is 10.8. The number of aromatic nitrogens is 2. The van der Waals surface area contributed by atoms with Crippen LogP contribution in [0.2, 0.25) is 0 Å². The minimum atomic E-state index is -0.328. The lowest BCUT2D eigenvalue weighted by molar-refractivity contribution is 0.0950. The number of rotatable bonds is 3. The molecule has 0 fully saturated rings. The summed E-state index contributed by atoms with van der Waals surface area (Å²) in [5.41, 5.74) is 5.74. The number of hydrogen-bond acceptors (Lipinski definition) is 3. The number of hydrazone groups is 1. The first-order valence-corrected chi connectivity index (χ1v) is 6.82. The number of nitrogens with one attached hydrogen (secondary N) is 2. The Morgan fingerprint density at radius 1 is 1.33 bits per heavy atom. The average molecular weight is 284 g/mol. The highest BCUT2D eigenvalue weighted by molar-refractivity contribution is 5.93. The third kappa shape index (κ3) is 4.02. The van der Waals surface area contributed by atoms with Crippen LogP contribution in [0.1, 0.15) is 48.1 Å². The number of carbonyl (C=O) groups excluding carboxylic acids is 1. The number of aromatic amines is 1. The molecule has 1 aromatic heterocycles. The van der Waals surface area contributed by atoms with Crippen molar-refractivity contribution in [3.05, 3.63) is 52.8 Å². The first-order valence-electron chi connectivity index (χ1n) is 6.82. The number of aryl methyl sites for hydroxylation is 1. The second-order valence-corrected chi connectivity index (χ2v) is 6.03. The maximum atomic E-state index is 11.9. The molecule has 0 bridgehead atoms. The zero-order valence-corrected chi connectivity index (χ0v) is 12.8. The molecule has 110 valence electrons. The first-order chi connectivity index (χ1) is 9.86. The fourth-order valence-corrected chi connectivity index (χ4v) is 1.80. The van der Waals surface area contributed by atoms with E-state index in [1.807, 2.05) is 31.2 Å². The molecule has 5 nitrogen and oxygen atoms in total. The van der Waals surface area contributed by atoms with Gasteiger partial charge in [-0.25, -0.2) is 5.43 Å². The molecule has 1 aromatic carbocycles. The fourth-order valence-electron chi connectivity index (χ4n) is 1.80. The van der Waals surface area contributed by atoms with Gasteiger partial charge < -0.3 is 0 Å². The molecule has 0 atom stereocenters. The fraction of sp³-hybridized carbons (Fsp3) is 0.312. The molecule has 21 heavy (non-hydrogen) atoms. The van der Waals surface area contributed by atoms with Gasteiger partial charge in [0.15, 0.2) is 5.69 Å². The van der Waals surface area contributed by atoms with E-state index in [-0.39, 0.29) is 11.3 Å². The van der Waals surface area contributed by atoms with E-state index < -0.39 is 0 Å². The van der Waals surface area contributed by atoms with Crippen LogP contribution in [0.15, 0.2) is 35.4 Å².